The zero-order valence-corrected chi connectivity index (χ0v) is 19.0. The molecule has 9 heteroatoms. The lowest BCUT2D eigenvalue weighted by molar-refractivity contribution is -0.384. The van der Waals surface area contributed by atoms with Crippen molar-refractivity contribution in [2.75, 3.05) is 5.32 Å². The van der Waals surface area contributed by atoms with E-state index in [0.29, 0.717) is 22.2 Å². The van der Waals surface area contributed by atoms with Crippen molar-refractivity contribution < 1.29 is 9.72 Å². The van der Waals surface area contributed by atoms with Crippen LogP contribution in [0.1, 0.15) is 11.1 Å². The van der Waals surface area contributed by atoms with Crippen LogP contribution in [0.3, 0.4) is 0 Å². The van der Waals surface area contributed by atoms with E-state index in [1.807, 2.05) is 47.2 Å². The zero-order valence-electron chi connectivity index (χ0n) is 17.5. The van der Waals surface area contributed by atoms with Gasteiger partial charge in [-0.3, -0.25) is 14.9 Å². The highest BCUT2D eigenvalue weighted by atomic mass is 35.5. The minimum absolute atomic E-state index is 0.140. The topological polar surface area (TPSA) is 101 Å². The number of aromatic nitrogens is 1. The van der Waals surface area contributed by atoms with Gasteiger partial charge < -0.3 is 9.88 Å². The number of nitrogens with one attached hydrogen (secondary N) is 1. The van der Waals surface area contributed by atoms with E-state index in [-0.39, 0.29) is 16.9 Å². The molecule has 34 heavy (non-hydrogen) atoms. The number of benzene rings is 3. The fourth-order valence-electron chi connectivity index (χ4n) is 3.55. The number of rotatable bonds is 6. The summed E-state index contributed by atoms with van der Waals surface area (Å²) in [6.07, 6.45) is 3.34. The van der Waals surface area contributed by atoms with E-state index < -0.39 is 10.8 Å². The van der Waals surface area contributed by atoms with Crippen molar-refractivity contribution in [1.29, 1.82) is 5.26 Å². The number of fused-ring (bicyclic) bond motifs is 1. The third-order valence-electron chi connectivity index (χ3n) is 5.15. The minimum atomic E-state index is -0.666. The van der Waals surface area contributed by atoms with Gasteiger partial charge in [0, 0.05) is 57.1 Å². The first-order valence-electron chi connectivity index (χ1n) is 10.0. The number of hydrogen-bond donors (Lipinski definition) is 1. The normalized spacial score (nSPS) is 11.3. The molecular weight excluding hydrogens is 475 g/mol. The summed E-state index contributed by atoms with van der Waals surface area (Å²) in [6.45, 7) is 0.464. The molecule has 0 aliphatic heterocycles. The van der Waals surface area contributed by atoms with Crippen LogP contribution in [0.4, 0.5) is 11.4 Å². The number of amides is 1. The van der Waals surface area contributed by atoms with E-state index in [9.17, 15) is 20.2 Å². The molecule has 0 spiro atoms. The highest BCUT2D eigenvalue weighted by Gasteiger charge is 2.15. The molecule has 7 nitrogen and oxygen atoms in total. The van der Waals surface area contributed by atoms with Crippen molar-refractivity contribution in [1.82, 2.24) is 4.57 Å². The predicted octanol–water partition coefficient (Wildman–Crippen LogP) is 6.45. The van der Waals surface area contributed by atoms with Gasteiger partial charge in [-0.05, 0) is 35.9 Å². The third-order valence-corrected chi connectivity index (χ3v) is 5.74. The van der Waals surface area contributed by atoms with Gasteiger partial charge in [0.2, 0.25) is 0 Å². The molecule has 0 fully saturated rings. The van der Waals surface area contributed by atoms with Gasteiger partial charge in [-0.2, -0.15) is 5.26 Å². The fourth-order valence-corrected chi connectivity index (χ4v) is 4.02. The van der Waals surface area contributed by atoms with Crippen molar-refractivity contribution in [3.63, 3.8) is 0 Å². The van der Waals surface area contributed by atoms with Crippen molar-refractivity contribution in [2.45, 2.75) is 6.54 Å². The summed E-state index contributed by atoms with van der Waals surface area (Å²) < 4.78 is 1.98. The number of carbonyl (C=O) groups excluding carboxylic acids is 1. The molecule has 1 aromatic heterocycles. The Balaban J connectivity index is 1.67. The molecule has 0 unspecified atom stereocenters. The number of nitro benzene ring substituents is 1. The van der Waals surface area contributed by atoms with Gasteiger partial charge in [-0.15, -0.1) is 0 Å². The van der Waals surface area contributed by atoms with Gasteiger partial charge in [-0.25, -0.2) is 0 Å². The van der Waals surface area contributed by atoms with Crippen LogP contribution in [-0.4, -0.2) is 15.4 Å². The Hall–Kier alpha value is -4.12. The molecule has 0 atom stereocenters. The third kappa shape index (κ3) is 4.94. The number of nitro groups is 1. The lowest BCUT2D eigenvalue weighted by atomic mass is 10.1. The molecule has 1 heterocycles. The number of anilines is 1. The van der Waals surface area contributed by atoms with Crippen LogP contribution in [0.2, 0.25) is 10.0 Å². The number of carbonyl (C=O) groups is 1. The lowest BCUT2D eigenvalue weighted by Gasteiger charge is -2.08. The number of halogens is 2. The van der Waals surface area contributed by atoms with Gasteiger partial charge >= 0.3 is 0 Å². The van der Waals surface area contributed by atoms with Crippen molar-refractivity contribution in [2.24, 2.45) is 0 Å². The molecule has 3 aromatic carbocycles. The summed E-state index contributed by atoms with van der Waals surface area (Å²) in [5.74, 6) is -0.666. The van der Waals surface area contributed by atoms with Crippen molar-refractivity contribution in [3.8, 4) is 6.07 Å². The van der Waals surface area contributed by atoms with E-state index in [0.717, 1.165) is 16.5 Å². The first-order chi connectivity index (χ1) is 16.4. The number of para-hydroxylation sites is 1. The molecule has 4 aromatic rings. The Labute approximate surface area is 204 Å². The Morgan fingerprint density at radius 1 is 1.12 bits per heavy atom. The van der Waals surface area contributed by atoms with Gasteiger partial charge in [0.25, 0.3) is 11.6 Å². The van der Waals surface area contributed by atoms with E-state index in [4.69, 9.17) is 23.2 Å². The number of hydrogen-bond acceptors (Lipinski definition) is 4. The number of nitriles is 1. The quantitative estimate of drug-likeness (QED) is 0.145. The highest BCUT2D eigenvalue weighted by Crippen LogP contribution is 2.28. The maximum absolute atomic E-state index is 12.7. The Bertz CT molecular complexity index is 1500. The average Bonchev–Trinajstić information content (AvgIpc) is 3.16. The van der Waals surface area contributed by atoms with Gasteiger partial charge in [0.05, 0.1) is 4.92 Å². The summed E-state index contributed by atoms with van der Waals surface area (Å²) in [5, 5.41) is 25.1. The van der Waals surface area contributed by atoms with Crippen LogP contribution in [0.15, 0.2) is 78.5 Å². The van der Waals surface area contributed by atoms with E-state index in [1.165, 1.54) is 30.3 Å². The smallest absolute Gasteiger partial charge is 0.271 e. The van der Waals surface area contributed by atoms with E-state index in [2.05, 4.69) is 5.32 Å². The Kier molecular flexibility index (Phi) is 6.64. The van der Waals surface area contributed by atoms with Crippen LogP contribution in [0.5, 0.6) is 0 Å². The summed E-state index contributed by atoms with van der Waals surface area (Å²) in [4.78, 5) is 23.2. The molecule has 0 bridgehead atoms. The van der Waals surface area contributed by atoms with Crippen LogP contribution in [-0.2, 0) is 11.3 Å². The maximum Gasteiger partial charge on any atom is 0.271 e. The first-order valence-corrected chi connectivity index (χ1v) is 10.8. The van der Waals surface area contributed by atoms with Gasteiger partial charge in [0.1, 0.15) is 11.6 Å². The number of non-ortho nitro benzene ring substituents is 1. The second-order valence-corrected chi connectivity index (χ2v) is 8.24. The summed E-state index contributed by atoms with van der Waals surface area (Å²) in [7, 11) is 0. The molecule has 0 saturated heterocycles. The molecule has 0 saturated carbocycles. The van der Waals surface area contributed by atoms with E-state index >= 15 is 0 Å². The SMILES string of the molecule is N#C/C(=C\c1cn(Cc2ccc(Cl)cc2Cl)c2ccccc12)C(=O)Nc1cccc([N+](=O)[O-])c1. The first kappa shape index (κ1) is 23.1. The predicted molar refractivity (Wildman–Crippen MR) is 133 cm³/mol. The monoisotopic (exact) mass is 490 g/mol. The van der Waals surface area contributed by atoms with Crippen molar-refractivity contribution >= 4 is 57.5 Å². The summed E-state index contributed by atoms with van der Waals surface area (Å²) in [6, 6.07) is 20.3. The standard InChI is InChI=1S/C25H16Cl2N4O3/c26-19-9-8-16(23(27)11-19)14-30-15-18(22-6-1-2-7-24(22)30)10-17(13-28)25(32)29-20-4-3-5-21(12-20)31(33)34/h1-12,15H,14H2,(H,29,32)/b17-10+. The Morgan fingerprint density at radius 2 is 1.91 bits per heavy atom. The Morgan fingerprint density at radius 3 is 2.65 bits per heavy atom. The highest BCUT2D eigenvalue weighted by molar-refractivity contribution is 6.35. The molecule has 1 amide bonds. The molecule has 1 N–H and O–H groups in total. The second kappa shape index (κ2) is 9.79. The van der Waals surface area contributed by atoms with Crippen molar-refractivity contribution in [3.05, 3.63) is 110 Å². The molecule has 168 valence electrons. The zero-order chi connectivity index (χ0) is 24.2. The lowest BCUT2D eigenvalue weighted by Crippen LogP contribution is -2.13. The molecule has 0 radical (unpaired) electrons. The second-order valence-electron chi connectivity index (χ2n) is 7.40. The van der Waals surface area contributed by atoms with Gasteiger partial charge in [-0.1, -0.05) is 53.5 Å². The summed E-state index contributed by atoms with van der Waals surface area (Å²) in [5.41, 5.74) is 2.36. The van der Waals surface area contributed by atoms with Crippen LogP contribution in [0.25, 0.3) is 17.0 Å². The largest absolute Gasteiger partial charge is 0.342 e. The average molecular weight is 491 g/mol. The molecule has 4 rings (SSSR count). The molecular formula is C25H16Cl2N4O3. The molecule has 0 aliphatic carbocycles. The maximum atomic E-state index is 12.7. The van der Waals surface area contributed by atoms with E-state index in [1.54, 1.807) is 12.1 Å². The fraction of sp³-hybridized carbons (Fsp3) is 0.0400. The van der Waals surface area contributed by atoms with Gasteiger partial charge in [0.15, 0.2) is 0 Å². The minimum Gasteiger partial charge on any atom is -0.342 e. The van der Waals surface area contributed by atoms with Crippen LogP contribution >= 0.6 is 23.2 Å². The number of nitrogens with zero attached hydrogens (tertiary/aromatic N) is 3. The molecule has 0 aliphatic rings. The van der Waals surface area contributed by atoms with Crippen LogP contribution in [0, 0.1) is 21.4 Å². The van der Waals surface area contributed by atoms with Crippen LogP contribution < -0.4 is 5.32 Å². The summed E-state index contributed by atoms with van der Waals surface area (Å²) >= 11 is 12.3.